The minimum absolute atomic E-state index is 0.201. The van der Waals surface area contributed by atoms with Crippen LogP contribution < -0.4 is 14.4 Å². The number of carbonyl (C=O) groups is 2. The highest BCUT2D eigenvalue weighted by molar-refractivity contribution is 9.10. The van der Waals surface area contributed by atoms with Crippen molar-refractivity contribution in [1.29, 1.82) is 0 Å². The minimum atomic E-state index is -0.514. The molecule has 1 aliphatic heterocycles. The van der Waals surface area contributed by atoms with Crippen molar-refractivity contribution in [3.05, 3.63) is 93.1 Å². The Kier molecular flexibility index (Phi) is 9.60. The van der Waals surface area contributed by atoms with E-state index in [4.69, 9.17) is 26.4 Å². The molecule has 0 spiro atoms. The summed E-state index contributed by atoms with van der Waals surface area (Å²) < 4.78 is 17.6. The zero-order valence-corrected chi connectivity index (χ0v) is 25.3. The maximum atomic E-state index is 13.7. The van der Waals surface area contributed by atoms with Gasteiger partial charge in [-0.05, 0) is 95.4 Å². The van der Waals surface area contributed by atoms with Gasteiger partial charge in [0, 0.05) is 0 Å². The Labute approximate surface area is 248 Å². The summed E-state index contributed by atoms with van der Waals surface area (Å²) in [5, 5.41) is 0.202. The van der Waals surface area contributed by atoms with Gasteiger partial charge >= 0.3 is 5.97 Å². The van der Waals surface area contributed by atoms with Gasteiger partial charge in [0.15, 0.2) is 16.6 Å². The van der Waals surface area contributed by atoms with E-state index in [1.54, 1.807) is 12.1 Å². The van der Waals surface area contributed by atoms with Gasteiger partial charge in [-0.25, -0.2) is 0 Å². The van der Waals surface area contributed by atoms with Crippen molar-refractivity contribution in [3.63, 3.8) is 0 Å². The van der Waals surface area contributed by atoms with Crippen LogP contribution in [0.15, 0.2) is 70.8 Å². The van der Waals surface area contributed by atoms with Crippen LogP contribution in [0, 0.1) is 6.92 Å². The van der Waals surface area contributed by atoms with Gasteiger partial charge in [-0.15, -0.1) is 0 Å². The Morgan fingerprint density at radius 1 is 1.00 bits per heavy atom. The molecule has 0 aliphatic carbocycles. The highest BCUT2D eigenvalue weighted by Gasteiger charge is 2.40. The average Bonchev–Trinajstić information content (AvgIpc) is 3.17. The molecule has 0 unspecified atom stereocenters. The van der Waals surface area contributed by atoms with Crippen molar-refractivity contribution in [2.75, 3.05) is 25.2 Å². The summed E-state index contributed by atoms with van der Waals surface area (Å²) in [6.45, 7) is 6.58. The van der Waals surface area contributed by atoms with Crippen molar-refractivity contribution < 1.29 is 23.8 Å². The Morgan fingerprint density at radius 3 is 2.30 bits per heavy atom. The summed E-state index contributed by atoms with van der Waals surface area (Å²) in [4.78, 5) is 28.9. The molecular formula is C31H31BrN2O5S. The lowest BCUT2D eigenvalue weighted by molar-refractivity contribution is -0.140. The van der Waals surface area contributed by atoms with Gasteiger partial charge in [0.2, 0.25) is 0 Å². The van der Waals surface area contributed by atoms with E-state index in [1.807, 2.05) is 68.4 Å². The van der Waals surface area contributed by atoms with Gasteiger partial charge in [0.05, 0.1) is 23.9 Å². The smallest absolute Gasteiger partial charge is 0.325 e. The van der Waals surface area contributed by atoms with Crippen LogP contribution >= 0.6 is 28.1 Å². The molecule has 1 fully saturated rings. The second-order valence-corrected chi connectivity index (χ2v) is 10.4. The lowest BCUT2D eigenvalue weighted by Crippen LogP contribution is -2.35. The number of benzene rings is 3. The molecule has 3 aromatic rings. The number of hydrogen-bond donors (Lipinski definition) is 0. The molecule has 7 nitrogen and oxygen atoms in total. The third kappa shape index (κ3) is 6.54. The van der Waals surface area contributed by atoms with Crippen molar-refractivity contribution in [2.24, 2.45) is 0 Å². The van der Waals surface area contributed by atoms with Gasteiger partial charge in [-0.1, -0.05) is 48.9 Å². The number of halogens is 1. The van der Waals surface area contributed by atoms with E-state index in [-0.39, 0.29) is 23.3 Å². The molecule has 0 saturated carbocycles. The summed E-state index contributed by atoms with van der Waals surface area (Å²) in [6, 6.07) is 19.4. The molecule has 9 heteroatoms. The van der Waals surface area contributed by atoms with E-state index < -0.39 is 5.97 Å². The summed E-state index contributed by atoms with van der Waals surface area (Å²) in [6.07, 6.45) is 2.56. The number of methoxy groups -OCH3 is 1. The Morgan fingerprint density at radius 2 is 1.68 bits per heavy atom. The van der Waals surface area contributed by atoms with E-state index >= 15 is 0 Å². The fourth-order valence-electron chi connectivity index (χ4n) is 4.21. The van der Waals surface area contributed by atoms with Crippen LogP contribution in [-0.2, 0) is 27.4 Å². The number of carbonyl (C=O) groups excluding carboxylic acids is 2. The van der Waals surface area contributed by atoms with Gasteiger partial charge in [-0.3, -0.25) is 14.5 Å². The summed E-state index contributed by atoms with van der Waals surface area (Å²) in [5.41, 5.74) is 4.89. The van der Waals surface area contributed by atoms with Crippen molar-refractivity contribution >= 4 is 56.9 Å². The molecule has 3 aromatic carbocycles. The molecule has 1 amide bonds. The molecule has 0 radical (unpaired) electrons. The maximum Gasteiger partial charge on any atom is 0.325 e. The zero-order chi connectivity index (χ0) is 28.8. The molecule has 0 atom stereocenters. The van der Waals surface area contributed by atoms with Gasteiger partial charge in [0.25, 0.3) is 5.91 Å². The van der Waals surface area contributed by atoms with E-state index in [0.717, 1.165) is 17.5 Å². The van der Waals surface area contributed by atoms with Crippen molar-refractivity contribution in [2.45, 2.75) is 33.8 Å². The molecule has 1 heterocycles. The number of rotatable bonds is 10. The van der Waals surface area contributed by atoms with Crippen LogP contribution in [-0.4, -0.2) is 42.2 Å². The van der Waals surface area contributed by atoms with Crippen LogP contribution in [0.4, 0.5) is 5.69 Å². The maximum absolute atomic E-state index is 13.7. The zero-order valence-electron chi connectivity index (χ0n) is 22.9. The summed E-state index contributed by atoms with van der Waals surface area (Å²) >= 11 is 9.29. The minimum Gasteiger partial charge on any atom is -0.490 e. The molecule has 1 aliphatic rings. The molecule has 1 saturated heterocycles. The monoisotopic (exact) mass is 622 g/mol. The van der Waals surface area contributed by atoms with Crippen LogP contribution in [0.3, 0.4) is 0 Å². The van der Waals surface area contributed by atoms with E-state index in [1.165, 1.54) is 22.5 Å². The number of ether oxygens (including phenoxy) is 3. The van der Waals surface area contributed by atoms with Crippen LogP contribution in [0.5, 0.6) is 11.5 Å². The molecule has 0 bridgehead atoms. The van der Waals surface area contributed by atoms with Gasteiger partial charge in [-0.2, -0.15) is 0 Å². The standard InChI is InChI=1S/C31H31BrN2O5S/c1-5-21-11-13-24(14-12-21)34-30(36)26(33(31(34)40)18-28(35)37-4)16-23-15-25(32)29(27(17-23)38-6-2)39-19-22-9-7-20(3)8-10-22/h7-17H,5-6,18-19H2,1-4H3/b26-16-. The molecule has 4 rings (SSSR count). The van der Waals surface area contributed by atoms with Crippen LogP contribution in [0.25, 0.3) is 6.08 Å². The number of hydrogen-bond acceptors (Lipinski definition) is 6. The SMILES string of the molecule is CCOc1cc(/C=C2/C(=O)N(c3ccc(CC)cc3)C(=S)N2CC(=O)OC)cc(Br)c1OCc1ccc(C)cc1. The predicted molar refractivity (Wildman–Crippen MR) is 163 cm³/mol. The van der Waals surface area contributed by atoms with Crippen molar-refractivity contribution in [3.8, 4) is 11.5 Å². The first kappa shape index (κ1) is 29.3. The number of thiocarbonyl (C=S) groups is 1. The lowest BCUT2D eigenvalue weighted by Gasteiger charge is -2.19. The highest BCUT2D eigenvalue weighted by Crippen LogP contribution is 2.39. The van der Waals surface area contributed by atoms with E-state index in [9.17, 15) is 9.59 Å². The number of anilines is 1. The molecule has 40 heavy (non-hydrogen) atoms. The number of esters is 1. The second-order valence-electron chi connectivity index (χ2n) is 9.17. The van der Waals surface area contributed by atoms with E-state index in [0.29, 0.717) is 40.4 Å². The lowest BCUT2D eigenvalue weighted by atomic mass is 10.1. The van der Waals surface area contributed by atoms with Crippen molar-refractivity contribution in [1.82, 2.24) is 4.90 Å². The largest absolute Gasteiger partial charge is 0.490 e. The molecule has 0 aromatic heterocycles. The quantitative estimate of drug-likeness (QED) is 0.146. The molecule has 0 N–H and O–H groups in total. The molecule has 208 valence electrons. The van der Waals surface area contributed by atoms with Gasteiger partial charge < -0.3 is 19.1 Å². The fourth-order valence-corrected chi connectivity index (χ4v) is 5.13. The first-order valence-corrected chi connectivity index (χ1v) is 14.1. The first-order valence-electron chi connectivity index (χ1n) is 12.9. The Balaban J connectivity index is 1.70. The summed E-state index contributed by atoms with van der Waals surface area (Å²) in [7, 11) is 1.30. The van der Waals surface area contributed by atoms with Crippen LogP contribution in [0.1, 0.15) is 36.1 Å². The fraction of sp³-hybridized carbons (Fsp3) is 0.258. The average molecular weight is 624 g/mol. The van der Waals surface area contributed by atoms with Crippen LogP contribution in [0.2, 0.25) is 0 Å². The second kappa shape index (κ2) is 13.1. The Bertz CT molecular complexity index is 1440. The number of amides is 1. The topological polar surface area (TPSA) is 68.3 Å². The van der Waals surface area contributed by atoms with Gasteiger partial charge in [0.1, 0.15) is 18.8 Å². The molecular weight excluding hydrogens is 592 g/mol. The Hall–Kier alpha value is -3.69. The normalized spacial score (nSPS) is 14.2. The highest BCUT2D eigenvalue weighted by atomic mass is 79.9. The van der Waals surface area contributed by atoms with E-state index in [2.05, 4.69) is 22.9 Å². The first-order chi connectivity index (χ1) is 19.2. The summed E-state index contributed by atoms with van der Waals surface area (Å²) in [5.74, 6) is 0.226. The number of nitrogens with zero attached hydrogens (tertiary/aromatic N) is 2. The third-order valence-corrected chi connectivity index (χ3v) is 7.38. The predicted octanol–water partition coefficient (Wildman–Crippen LogP) is 6.45. The number of aryl methyl sites for hydroxylation is 2. The third-order valence-electron chi connectivity index (χ3n) is 6.39.